The predicted molar refractivity (Wildman–Crippen MR) is 85.6 cm³/mol. The second kappa shape index (κ2) is 5.61. The van der Waals surface area contributed by atoms with Crippen molar-refractivity contribution in [2.24, 2.45) is 5.41 Å². The zero-order chi connectivity index (χ0) is 15.2. The van der Waals surface area contributed by atoms with E-state index < -0.39 is 0 Å². The van der Waals surface area contributed by atoms with Gasteiger partial charge in [0.05, 0.1) is 18.3 Å². The minimum Gasteiger partial charge on any atom is -0.371 e. The van der Waals surface area contributed by atoms with Crippen molar-refractivity contribution in [3.63, 3.8) is 0 Å². The zero-order valence-electron chi connectivity index (χ0n) is 14.1. The number of rotatable bonds is 3. The van der Waals surface area contributed by atoms with Crippen LogP contribution in [0.15, 0.2) is 12.2 Å². The van der Waals surface area contributed by atoms with Crippen molar-refractivity contribution < 1.29 is 14.2 Å². The maximum absolute atomic E-state index is 6.49. The van der Waals surface area contributed by atoms with Crippen LogP contribution in [0.5, 0.6) is 0 Å². The molecule has 3 nitrogen and oxygen atoms in total. The van der Waals surface area contributed by atoms with Gasteiger partial charge in [-0.2, -0.15) is 0 Å². The molecular formula is C19H30O3. The third-order valence-electron chi connectivity index (χ3n) is 6.27. The van der Waals surface area contributed by atoms with E-state index in [4.69, 9.17) is 14.2 Å². The largest absolute Gasteiger partial charge is 0.371 e. The van der Waals surface area contributed by atoms with Gasteiger partial charge in [0.1, 0.15) is 6.10 Å². The fraction of sp³-hybridized carbons (Fsp3) is 0.895. The van der Waals surface area contributed by atoms with Crippen LogP contribution in [0.2, 0.25) is 0 Å². The Morgan fingerprint density at radius 2 is 1.77 bits per heavy atom. The molecule has 0 aromatic rings. The second-order valence-electron chi connectivity index (χ2n) is 8.05. The second-order valence-corrected chi connectivity index (χ2v) is 8.05. The van der Waals surface area contributed by atoms with E-state index in [-0.39, 0.29) is 29.5 Å². The average molecular weight is 306 g/mol. The monoisotopic (exact) mass is 306 g/mol. The van der Waals surface area contributed by atoms with Gasteiger partial charge < -0.3 is 14.2 Å². The quantitative estimate of drug-likeness (QED) is 0.725. The van der Waals surface area contributed by atoms with Crippen LogP contribution >= 0.6 is 0 Å². The summed E-state index contributed by atoms with van der Waals surface area (Å²) in [5, 5.41) is 0. The number of hydrogen-bond donors (Lipinski definition) is 0. The number of allylic oxidation sites excluding steroid dienone is 1. The van der Waals surface area contributed by atoms with Gasteiger partial charge in [0.2, 0.25) is 0 Å². The fourth-order valence-corrected chi connectivity index (χ4v) is 5.10. The van der Waals surface area contributed by atoms with Gasteiger partial charge in [-0.1, -0.05) is 32.4 Å². The Hall–Kier alpha value is -0.380. The van der Waals surface area contributed by atoms with E-state index in [9.17, 15) is 0 Å². The summed E-state index contributed by atoms with van der Waals surface area (Å²) in [6, 6.07) is 0. The Morgan fingerprint density at radius 3 is 2.55 bits per heavy atom. The maximum atomic E-state index is 6.49. The highest BCUT2D eigenvalue weighted by atomic mass is 16.8. The highest BCUT2D eigenvalue weighted by Gasteiger charge is 2.61. The standard InChI is InChI=1S/C19H30O3/c1-3-4-6-9-16-18(2)12-14(20-16)17-15(13-18)21-19(22-17)10-7-5-8-11-19/h4,6,14-17H,3,5,7-13H2,1-2H3/b6-4+/t14-,15-,16+,17+,18+/m1/s1. The van der Waals surface area contributed by atoms with Crippen molar-refractivity contribution in [3.05, 3.63) is 12.2 Å². The molecule has 2 heterocycles. The molecule has 3 heteroatoms. The smallest absolute Gasteiger partial charge is 0.169 e. The lowest BCUT2D eigenvalue weighted by atomic mass is 9.70. The van der Waals surface area contributed by atoms with Gasteiger partial charge in [-0.3, -0.25) is 0 Å². The van der Waals surface area contributed by atoms with E-state index in [0.717, 1.165) is 38.5 Å². The summed E-state index contributed by atoms with van der Waals surface area (Å²) < 4.78 is 19.4. The summed E-state index contributed by atoms with van der Waals surface area (Å²) in [6.07, 6.45) is 15.9. The number of fused-ring (bicyclic) bond motifs is 4. The minimum absolute atomic E-state index is 0.173. The van der Waals surface area contributed by atoms with Gasteiger partial charge in [0, 0.05) is 12.8 Å². The van der Waals surface area contributed by atoms with Crippen molar-refractivity contribution in [2.45, 2.75) is 102 Å². The van der Waals surface area contributed by atoms with Crippen molar-refractivity contribution in [2.75, 3.05) is 0 Å². The van der Waals surface area contributed by atoms with Crippen LogP contribution in [0.1, 0.15) is 71.6 Å². The van der Waals surface area contributed by atoms with E-state index in [1.807, 2.05) is 0 Å². The summed E-state index contributed by atoms with van der Waals surface area (Å²) in [5.41, 5.74) is 0.257. The van der Waals surface area contributed by atoms with Crippen LogP contribution in [0.25, 0.3) is 0 Å². The predicted octanol–water partition coefficient (Wildman–Crippen LogP) is 4.35. The molecule has 0 aromatic heterocycles. The molecule has 0 radical (unpaired) electrons. The molecular weight excluding hydrogens is 276 g/mol. The van der Waals surface area contributed by atoms with Gasteiger partial charge in [-0.15, -0.1) is 0 Å². The summed E-state index contributed by atoms with van der Waals surface area (Å²) in [6.45, 7) is 4.57. The molecule has 124 valence electrons. The Balaban J connectivity index is 1.47. The number of hydrogen-bond acceptors (Lipinski definition) is 3. The molecule has 4 aliphatic rings. The van der Waals surface area contributed by atoms with Gasteiger partial charge in [0.25, 0.3) is 0 Å². The molecule has 2 aliphatic carbocycles. The molecule has 1 spiro atoms. The lowest BCUT2D eigenvalue weighted by molar-refractivity contribution is -0.204. The van der Waals surface area contributed by atoms with Crippen LogP contribution in [0, 0.1) is 5.41 Å². The first-order valence-electron chi connectivity index (χ1n) is 9.30. The van der Waals surface area contributed by atoms with E-state index in [0.29, 0.717) is 6.10 Å². The minimum atomic E-state index is -0.268. The molecule has 0 unspecified atom stereocenters. The maximum Gasteiger partial charge on any atom is 0.169 e. The first-order valence-corrected chi connectivity index (χ1v) is 9.30. The van der Waals surface area contributed by atoms with E-state index in [1.165, 1.54) is 19.3 Å². The van der Waals surface area contributed by atoms with Crippen molar-refractivity contribution in [3.8, 4) is 0 Å². The van der Waals surface area contributed by atoms with Crippen molar-refractivity contribution >= 4 is 0 Å². The molecule has 22 heavy (non-hydrogen) atoms. The van der Waals surface area contributed by atoms with Crippen LogP contribution in [-0.4, -0.2) is 30.2 Å². The van der Waals surface area contributed by atoms with Crippen LogP contribution in [0.3, 0.4) is 0 Å². The summed E-state index contributed by atoms with van der Waals surface area (Å²) in [7, 11) is 0. The summed E-state index contributed by atoms with van der Waals surface area (Å²) in [4.78, 5) is 0. The molecule has 2 aliphatic heterocycles. The highest BCUT2D eigenvalue weighted by molar-refractivity contribution is 5.08. The van der Waals surface area contributed by atoms with Gasteiger partial charge in [-0.25, -0.2) is 0 Å². The molecule has 0 amide bonds. The van der Waals surface area contributed by atoms with Gasteiger partial charge in [0.15, 0.2) is 5.79 Å². The van der Waals surface area contributed by atoms with Crippen LogP contribution < -0.4 is 0 Å². The fourth-order valence-electron chi connectivity index (χ4n) is 5.10. The van der Waals surface area contributed by atoms with Gasteiger partial charge in [-0.05, 0) is 43.9 Å². The molecule has 4 fully saturated rings. The Kier molecular flexibility index (Phi) is 3.87. The van der Waals surface area contributed by atoms with Crippen LogP contribution in [-0.2, 0) is 14.2 Å². The zero-order valence-corrected chi connectivity index (χ0v) is 14.1. The lowest BCUT2D eigenvalue weighted by Crippen LogP contribution is -2.42. The number of ether oxygens (including phenoxy) is 3. The van der Waals surface area contributed by atoms with E-state index in [2.05, 4.69) is 26.0 Å². The molecule has 0 aromatic carbocycles. The molecule has 2 bridgehead atoms. The third kappa shape index (κ3) is 2.46. The van der Waals surface area contributed by atoms with Crippen molar-refractivity contribution in [1.29, 1.82) is 0 Å². The Morgan fingerprint density at radius 1 is 1.00 bits per heavy atom. The molecule has 4 rings (SSSR count). The van der Waals surface area contributed by atoms with E-state index in [1.54, 1.807) is 0 Å². The van der Waals surface area contributed by atoms with E-state index >= 15 is 0 Å². The molecule has 2 saturated heterocycles. The third-order valence-corrected chi connectivity index (χ3v) is 6.27. The Bertz CT molecular complexity index is 440. The summed E-state index contributed by atoms with van der Waals surface area (Å²) in [5.74, 6) is -0.268. The topological polar surface area (TPSA) is 27.7 Å². The highest BCUT2D eigenvalue weighted by Crippen LogP contribution is 2.55. The molecule has 0 N–H and O–H groups in total. The first-order chi connectivity index (χ1) is 10.6. The normalized spacial score (nSPS) is 46.5. The summed E-state index contributed by atoms with van der Waals surface area (Å²) >= 11 is 0. The first kappa shape index (κ1) is 15.2. The Labute approximate surface area is 134 Å². The SMILES string of the molecule is CC/C=C/C[C@@H]1O[C@@H]2C[C@@]1(C)C[C@H]1OC3(CCCCC3)O[C@@H]21. The van der Waals surface area contributed by atoms with Crippen LogP contribution in [0.4, 0.5) is 0 Å². The van der Waals surface area contributed by atoms with Crippen molar-refractivity contribution in [1.82, 2.24) is 0 Å². The van der Waals surface area contributed by atoms with Gasteiger partial charge >= 0.3 is 0 Å². The average Bonchev–Trinajstić information content (AvgIpc) is 2.97. The lowest BCUT2D eigenvalue weighted by Gasteiger charge is -2.35. The molecule has 5 atom stereocenters. The molecule has 2 saturated carbocycles.